The van der Waals surface area contributed by atoms with Gasteiger partial charge in [-0.15, -0.1) is 12.4 Å². The summed E-state index contributed by atoms with van der Waals surface area (Å²) in [6.07, 6.45) is 0.392. The van der Waals surface area contributed by atoms with E-state index in [4.69, 9.17) is 10.5 Å². The molecule has 1 aliphatic heterocycles. The number of nitrogens with two attached hydrogens (primary N) is 1. The second-order valence-electron chi connectivity index (χ2n) is 4.77. The largest absolute Gasteiger partial charge is 0.377 e. The molecule has 1 fully saturated rings. The monoisotopic (exact) mass is 284 g/mol. The number of halogens is 1. The van der Waals surface area contributed by atoms with E-state index in [-0.39, 0.29) is 30.4 Å². The molecule has 2 rings (SSSR count). The molecule has 1 aromatic rings. The lowest BCUT2D eigenvalue weighted by Crippen LogP contribution is -2.44. The maximum absolute atomic E-state index is 12.2. The number of morpholine rings is 1. The highest BCUT2D eigenvalue weighted by atomic mass is 35.5. The molecule has 5 heteroatoms. The Bertz CT molecular complexity index is 398. The Kier molecular flexibility index (Phi) is 6.28. The van der Waals surface area contributed by atoms with Crippen molar-refractivity contribution in [2.75, 3.05) is 19.8 Å². The number of carbonyl (C=O) groups is 1. The Labute approximate surface area is 120 Å². The predicted molar refractivity (Wildman–Crippen MR) is 77.2 cm³/mol. The van der Waals surface area contributed by atoms with Crippen molar-refractivity contribution in [1.29, 1.82) is 0 Å². The lowest BCUT2D eigenvalue weighted by molar-refractivity contribution is -0.140. The van der Waals surface area contributed by atoms with E-state index in [0.717, 1.165) is 5.56 Å². The fraction of sp³-hybridized carbons (Fsp3) is 0.500. The first kappa shape index (κ1) is 16.0. The molecule has 1 saturated heterocycles. The van der Waals surface area contributed by atoms with E-state index >= 15 is 0 Å². The first-order chi connectivity index (χ1) is 8.68. The second-order valence-corrected chi connectivity index (χ2v) is 4.77. The van der Waals surface area contributed by atoms with Gasteiger partial charge in [-0.3, -0.25) is 4.79 Å². The minimum Gasteiger partial charge on any atom is -0.377 e. The number of benzene rings is 1. The number of ether oxygens (including phenoxy) is 1. The summed E-state index contributed by atoms with van der Waals surface area (Å²) in [5.74, 6) is 0.113. The molecule has 0 spiro atoms. The molecule has 4 nitrogen and oxygen atoms in total. The first-order valence-electron chi connectivity index (χ1n) is 6.36. The normalized spacial score (nSPS) is 20.5. The van der Waals surface area contributed by atoms with Crippen molar-refractivity contribution >= 4 is 18.3 Å². The second kappa shape index (κ2) is 7.48. The number of nitrogens with zero attached hydrogens (tertiary/aromatic N) is 1. The van der Waals surface area contributed by atoms with E-state index < -0.39 is 0 Å². The fourth-order valence-corrected chi connectivity index (χ4v) is 2.25. The van der Waals surface area contributed by atoms with Crippen LogP contribution in [-0.2, 0) is 9.53 Å². The van der Waals surface area contributed by atoms with E-state index in [1.165, 1.54) is 0 Å². The number of carbonyl (C=O) groups excluding carboxylic acids is 1. The third-order valence-electron chi connectivity index (χ3n) is 3.13. The maximum Gasteiger partial charge on any atom is 0.224 e. The fourth-order valence-electron chi connectivity index (χ4n) is 2.25. The molecular weight excluding hydrogens is 264 g/mol. The molecule has 2 unspecified atom stereocenters. The summed E-state index contributed by atoms with van der Waals surface area (Å²) in [4.78, 5) is 14.1. The van der Waals surface area contributed by atoms with Crippen molar-refractivity contribution in [2.24, 2.45) is 5.73 Å². The van der Waals surface area contributed by atoms with Gasteiger partial charge < -0.3 is 15.4 Å². The van der Waals surface area contributed by atoms with Crippen LogP contribution in [0.5, 0.6) is 0 Å². The van der Waals surface area contributed by atoms with Gasteiger partial charge in [-0.1, -0.05) is 30.3 Å². The van der Waals surface area contributed by atoms with E-state index in [9.17, 15) is 4.79 Å². The number of hydrogen-bond donors (Lipinski definition) is 1. The molecule has 106 valence electrons. The summed E-state index contributed by atoms with van der Waals surface area (Å²) < 4.78 is 5.50. The molecule has 19 heavy (non-hydrogen) atoms. The lowest BCUT2D eigenvalue weighted by atomic mass is 10.0. The summed E-state index contributed by atoms with van der Waals surface area (Å²) in [6, 6.07) is 9.93. The van der Waals surface area contributed by atoms with Crippen molar-refractivity contribution in [2.45, 2.75) is 25.4 Å². The van der Waals surface area contributed by atoms with Crippen LogP contribution in [0, 0.1) is 0 Å². The molecule has 0 bridgehead atoms. The third kappa shape index (κ3) is 4.20. The van der Waals surface area contributed by atoms with Gasteiger partial charge in [-0.2, -0.15) is 0 Å². The molecule has 1 aromatic carbocycles. The van der Waals surface area contributed by atoms with Gasteiger partial charge in [-0.05, 0) is 12.5 Å². The van der Waals surface area contributed by atoms with Crippen molar-refractivity contribution in [3.63, 3.8) is 0 Å². The zero-order valence-corrected chi connectivity index (χ0v) is 11.9. The standard InChI is InChI=1S/C14H20N2O2.ClH/c1-11(15)9-14(17)16-7-8-18-10-13(16)12-5-3-2-4-6-12;/h2-6,11,13H,7-10,15H2,1H3;1H. The average Bonchev–Trinajstić information content (AvgIpc) is 2.39. The highest BCUT2D eigenvalue weighted by Crippen LogP contribution is 2.24. The summed E-state index contributed by atoms with van der Waals surface area (Å²) >= 11 is 0. The number of hydrogen-bond acceptors (Lipinski definition) is 3. The molecule has 0 saturated carbocycles. The van der Waals surface area contributed by atoms with Crippen LogP contribution in [0.15, 0.2) is 30.3 Å². The van der Waals surface area contributed by atoms with Gasteiger partial charge in [0.25, 0.3) is 0 Å². The van der Waals surface area contributed by atoms with Gasteiger partial charge in [0.2, 0.25) is 5.91 Å². The summed E-state index contributed by atoms with van der Waals surface area (Å²) in [6.45, 7) is 3.67. The maximum atomic E-state index is 12.2. The van der Waals surface area contributed by atoms with Crippen LogP contribution in [0.4, 0.5) is 0 Å². The van der Waals surface area contributed by atoms with Gasteiger partial charge >= 0.3 is 0 Å². The minimum atomic E-state index is -0.100. The molecule has 0 aliphatic carbocycles. The summed E-state index contributed by atoms with van der Waals surface area (Å²) in [5, 5.41) is 0. The van der Waals surface area contributed by atoms with Crippen molar-refractivity contribution in [1.82, 2.24) is 4.90 Å². The highest BCUT2D eigenvalue weighted by molar-refractivity contribution is 5.85. The summed E-state index contributed by atoms with van der Waals surface area (Å²) in [7, 11) is 0. The minimum absolute atomic E-state index is 0. The van der Waals surface area contributed by atoms with Crippen molar-refractivity contribution in [3.8, 4) is 0 Å². The van der Waals surface area contributed by atoms with E-state index in [0.29, 0.717) is 26.2 Å². The van der Waals surface area contributed by atoms with E-state index in [2.05, 4.69) is 0 Å². The molecular formula is C14H21ClN2O2. The van der Waals surface area contributed by atoms with Crippen molar-refractivity contribution in [3.05, 3.63) is 35.9 Å². The Morgan fingerprint density at radius 1 is 1.47 bits per heavy atom. The van der Waals surface area contributed by atoms with Crippen LogP contribution in [0.3, 0.4) is 0 Å². The number of rotatable bonds is 3. The quantitative estimate of drug-likeness (QED) is 0.920. The predicted octanol–water partition coefficient (Wildman–Crippen LogP) is 1.75. The smallest absolute Gasteiger partial charge is 0.224 e. The van der Waals surface area contributed by atoms with Gasteiger partial charge in [-0.25, -0.2) is 0 Å². The molecule has 0 radical (unpaired) electrons. The number of amides is 1. The first-order valence-corrected chi connectivity index (χ1v) is 6.36. The lowest BCUT2D eigenvalue weighted by Gasteiger charge is -2.36. The molecule has 2 atom stereocenters. The van der Waals surface area contributed by atoms with Crippen molar-refractivity contribution < 1.29 is 9.53 Å². The Morgan fingerprint density at radius 3 is 2.79 bits per heavy atom. The molecule has 1 heterocycles. The Balaban J connectivity index is 0.00000180. The topological polar surface area (TPSA) is 55.6 Å². The average molecular weight is 285 g/mol. The van der Waals surface area contributed by atoms with Gasteiger partial charge in [0.15, 0.2) is 0 Å². The van der Waals surface area contributed by atoms with Gasteiger partial charge in [0.05, 0.1) is 19.3 Å². The molecule has 1 amide bonds. The SMILES string of the molecule is CC(N)CC(=O)N1CCOCC1c1ccccc1.Cl. The zero-order chi connectivity index (χ0) is 13.0. The molecule has 0 aromatic heterocycles. The van der Waals surface area contributed by atoms with Crippen LogP contribution >= 0.6 is 12.4 Å². The van der Waals surface area contributed by atoms with Crippen LogP contribution in [0.1, 0.15) is 24.9 Å². The van der Waals surface area contributed by atoms with E-state index in [1.807, 2.05) is 42.2 Å². The Hall–Kier alpha value is -1.10. The molecule has 2 N–H and O–H groups in total. The molecule has 1 aliphatic rings. The van der Waals surface area contributed by atoms with Crippen LogP contribution in [0.2, 0.25) is 0 Å². The Morgan fingerprint density at radius 2 is 2.16 bits per heavy atom. The zero-order valence-electron chi connectivity index (χ0n) is 11.1. The van der Waals surface area contributed by atoms with Crippen LogP contribution in [-0.4, -0.2) is 36.6 Å². The third-order valence-corrected chi connectivity index (χ3v) is 3.13. The van der Waals surface area contributed by atoms with Crippen LogP contribution < -0.4 is 5.73 Å². The van der Waals surface area contributed by atoms with Gasteiger partial charge in [0.1, 0.15) is 0 Å². The van der Waals surface area contributed by atoms with E-state index in [1.54, 1.807) is 0 Å². The van der Waals surface area contributed by atoms with Crippen LogP contribution in [0.25, 0.3) is 0 Å². The highest BCUT2D eigenvalue weighted by Gasteiger charge is 2.28. The summed E-state index contributed by atoms with van der Waals surface area (Å²) in [5.41, 5.74) is 6.83. The van der Waals surface area contributed by atoms with Gasteiger partial charge in [0, 0.05) is 19.0 Å².